The van der Waals surface area contributed by atoms with E-state index in [1.165, 1.54) is 56.5 Å². The van der Waals surface area contributed by atoms with Crippen molar-refractivity contribution in [3.63, 3.8) is 0 Å². The summed E-state index contributed by atoms with van der Waals surface area (Å²) in [6.45, 7) is 1.65. The van der Waals surface area contributed by atoms with E-state index < -0.39 is 23.0 Å². The molecule has 5 rings (SSSR count). The van der Waals surface area contributed by atoms with E-state index >= 15 is 0 Å². The first kappa shape index (κ1) is 23.5. The summed E-state index contributed by atoms with van der Waals surface area (Å²) in [5.74, 6) is -1.30. The van der Waals surface area contributed by atoms with Gasteiger partial charge in [0, 0.05) is 31.4 Å². The lowest BCUT2D eigenvalue weighted by atomic mass is 10.0. The maximum absolute atomic E-state index is 14.9. The fourth-order valence-electron chi connectivity index (χ4n) is 4.09. The van der Waals surface area contributed by atoms with Crippen molar-refractivity contribution in [3.8, 4) is 17.2 Å². The zero-order valence-corrected chi connectivity index (χ0v) is 20.0. The molecule has 0 atom stereocenters. The molecule has 182 valence electrons. The summed E-state index contributed by atoms with van der Waals surface area (Å²) in [6, 6.07) is 12.8. The highest BCUT2D eigenvalue weighted by atomic mass is 35.5. The Morgan fingerprint density at radius 1 is 1.06 bits per heavy atom. The number of Topliss-reactive ketones (excluding diaryl/α,β-unsaturated/α-hetero) is 1. The normalized spacial score (nSPS) is 11.2. The van der Waals surface area contributed by atoms with Gasteiger partial charge in [0.2, 0.25) is 0 Å². The number of aromatic nitrogens is 4. The summed E-state index contributed by atoms with van der Waals surface area (Å²) in [4.78, 5) is 26.2. The average molecular weight is 509 g/mol. The number of halogens is 3. The first-order valence-electron chi connectivity index (χ1n) is 10.9. The maximum Gasteiger partial charge on any atom is 0.282 e. The van der Waals surface area contributed by atoms with Gasteiger partial charge < -0.3 is 4.74 Å². The van der Waals surface area contributed by atoms with Crippen LogP contribution < -0.4 is 10.3 Å². The zero-order chi connectivity index (χ0) is 25.6. The van der Waals surface area contributed by atoms with E-state index in [2.05, 4.69) is 5.10 Å². The molecule has 36 heavy (non-hydrogen) atoms. The van der Waals surface area contributed by atoms with Crippen LogP contribution in [0, 0.1) is 18.6 Å². The second kappa shape index (κ2) is 9.09. The minimum Gasteiger partial charge on any atom is -0.452 e. The summed E-state index contributed by atoms with van der Waals surface area (Å²) in [7, 11) is 1.63. The second-order valence-electron chi connectivity index (χ2n) is 8.20. The van der Waals surface area contributed by atoms with E-state index in [9.17, 15) is 18.4 Å². The van der Waals surface area contributed by atoms with Gasteiger partial charge in [-0.05, 0) is 55.0 Å². The van der Waals surface area contributed by atoms with Crippen LogP contribution in [-0.4, -0.2) is 24.8 Å². The van der Waals surface area contributed by atoms with Crippen LogP contribution in [0.4, 0.5) is 8.78 Å². The lowest BCUT2D eigenvalue weighted by Crippen LogP contribution is -2.23. The summed E-state index contributed by atoms with van der Waals surface area (Å²) in [5.41, 5.74) is 1.20. The van der Waals surface area contributed by atoms with Crippen LogP contribution in [0.25, 0.3) is 11.2 Å². The van der Waals surface area contributed by atoms with Crippen LogP contribution in [0.5, 0.6) is 11.5 Å². The van der Waals surface area contributed by atoms with Gasteiger partial charge in [-0.3, -0.25) is 14.3 Å². The SMILES string of the molecule is Cc1c(C(=O)Cc2ccc(Oc3ccnn4ccc(Cl)c34)c(F)c2)c(=O)n(-c2ccc(F)cc2)n1C. The van der Waals surface area contributed by atoms with E-state index in [1.54, 1.807) is 38.4 Å². The second-order valence-corrected chi connectivity index (χ2v) is 8.60. The minimum atomic E-state index is -0.675. The number of rotatable bonds is 6. The first-order chi connectivity index (χ1) is 17.2. The zero-order valence-electron chi connectivity index (χ0n) is 19.2. The summed E-state index contributed by atoms with van der Waals surface area (Å²) >= 11 is 6.19. The number of hydrogen-bond donors (Lipinski definition) is 0. The van der Waals surface area contributed by atoms with Crippen LogP contribution >= 0.6 is 11.6 Å². The Morgan fingerprint density at radius 3 is 2.53 bits per heavy atom. The molecule has 0 spiro atoms. The van der Waals surface area contributed by atoms with Gasteiger partial charge in [-0.2, -0.15) is 5.10 Å². The molecule has 0 amide bonds. The largest absolute Gasteiger partial charge is 0.452 e. The molecule has 10 heteroatoms. The van der Waals surface area contributed by atoms with Crippen molar-refractivity contribution in [2.45, 2.75) is 13.3 Å². The third kappa shape index (κ3) is 4.07. The Hall–Kier alpha value is -4.24. The molecule has 5 aromatic rings. The molecule has 0 aliphatic rings. The Bertz CT molecular complexity index is 1690. The summed E-state index contributed by atoms with van der Waals surface area (Å²) in [6.07, 6.45) is 2.97. The molecule has 0 unspecified atom stereocenters. The molecule has 3 heterocycles. The topological polar surface area (TPSA) is 70.5 Å². The Labute approximate surface area is 208 Å². The number of nitrogens with zero attached hydrogens (tertiary/aromatic N) is 4. The van der Waals surface area contributed by atoms with Crippen LogP contribution in [0.15, 0.2) is 71.8 Å². The van der Waals surface area contributed by atoms with Crippen LogP contribution in [0.1, 0.15) is 21.6 Å². The molecule has 0 saturated carbocycles. The van der Waals surface area contributed by atoms with E-state index in [0.29, 0.717) is 33.2 Å². The van der Waals surface area contributed by atoms with Crippen molar-refractivity contribution < 1.29 is 18.3 Å². The quantitative estimate of drug-likeness (QED) is 0.293. The number of carbonyl (C=O) groups excluding carboxylic acids is 1. The minimum absolute atomic E-state index is 0.00962. The van der Waals surface area contributed by atoms with Crippen molar-refractivity contribution in [1.82, 2.24) is 19.0 Å². The molecule has 2 aromatic carbocycles. The maximum atomic E-state index is 14.9. The van der Waals surface area contributed by atoms with Crippen LogP contribution in [-0.2, 0) is 13.5 Å². The predicted molar refractivity (Wildman–Crippen MR) is 130 cm³/mol. The molecule has 0 bridgehead atoms. The first-order valence-corrected chi connectivity index (χ1v) is 11.3. The fourth-order valence-corrected chi connectivity index (χ4v) is 4.33. The molecule has 0 saturated heterocycles. The third-order valence-electron chi connectivity index (χ3n) is 5.95. The van der Waals surface area contributed by atoms with Gasteiger partial charge in [0.15, 0.2) is 23.1 Å². The molecule has 0 aliphatic carbocycles. The molecule has 3 aromatic heterocycles. The number of fused-ring (bicyclic) bond motifs is 1. The van der Waals surface area contributed by atoms with E-state index in [4.69, 9.17) is 16.3 Å². The number of hydrogen-bond acceptors (Lipinski definition) is 4. The number of ketones is 1. The summed E-state index contributed by atoms with van der Waals surface area (Å²) in [5, 5.41) is 4.53. The molecule has 7 nitrogen and oxygen atoms in total. The fraction of sp³-hybridized carbons (Fsp3) is 0.115. The average Bonchev–Trinajstić information content (AvgIpc) is 3.33. The van der Waals surface area contributed by atoms with Gasteiger partial charge in [0.1, 0.15) is 16.9 Å². The van der Waals surface area contributed by atoms with Gasteiger partial charge in [0.05, 0.1) is 16.9 Å². The van der Waals surface area contributed by atoms with Crippen molar-refractivity contribution in [2.24, 2.45) is 7.05 Å². The van der Waals surface area contributed by atoms with Crippen LogP contribution in [0.3, 0.4) is 0 Å². The standard InChI is InChI=1S/C26H19ClF2N4O3/c1-15-24(26(35)33(31(15)2)18-6-4-17(28)5-7-18)21(34)14-16-3-8-22(20(29)13-16)36-23-9-11-30-32-12-10-19(27)25(23)32/h3-13H,14H2,1-2H3. The lowest BCUT2D eigenvalue weighted by molar-refractivity contribution is 0.0991. The Balaban J connectivity index is 1.41. The van der Waals surface area contributed by atoms with Gasteiger partial charge in [-0.25, -0.2) is 18.0 Å². The highest BCUT2D eigenvalue weighted by molar-refractivity contribution is 6.34. The molecular formula is C26H19ClF2N4O3. The number of ether oxygens (including phenoxy) is 1. The lowest BCUT2D eigenvalue weighted by Gasteiger charge is -2.10. The summed E-state index contributed by atoms with van der Waals surface area (Å²) < 4.78 is 38.3. The van der Waals surface area contributed by atoms with E-state index in [1.807, 2.05) is 0 Å². The molecule has 0 aliphatic heterocycles. The highest BCUT2D eigenvalue weighted by Gasteiger charge is 2.23. The van der Waals surface area contributed by atoms with Crippen LogP contribution in [0.2, 0.25) is 5.02 Å². The van der Waals surface area contributed by atoms with E-state index in [-0.39, 0.29) is 17.7 Å². The smallest absolute Gasteiger partial charge is 0.282 e. The Morgan fingerprint density at radius 2 is 1.81 bits per heavy atom. The number of benzene rings is 2. The molecule has 0 fully saturated rings. The van der Waals surface area contributed by atoms with Gasteiger partial charge in [-0.15, -0.1) is 0 Å². The number of carbonyl (C=O) groups is 1. The molecule has 0 radical (unpaired) electrons. The van der Waals surface area contributed by atoms with Gasteiger partial charge in [-0.1, -0.05) is 17.7 Å². The third-order valence-corrected chi connectivity index (χ3v) is 6.26. The Kier molecular flexibility index (Phi) is 5.93. The monoisotopic (exact) mass is 508 g/mol. The van der Waals surface area contributed by atoms with Crippen molar-refractivity contribution in [2.75, 3.05) is 0 Å². The van der Waals surface area contributed by atoms with Crippen molar-refractivity contribution in [3.05, 3.63) is 111 Å². The van der Waals surface area contributed by atoms with E-state index in [0.717, 1.165) is 0 Å². The predicted octanol–water partition coefficient (Wildman–Crippen LogP) is 5.28. The molecular weight excluding hydrogens is 490 g/mol. The van der Waals surface area contributed by atoms with Gasteiger partial charge in [0.25, 0.3) is 5.56 Å². The van der Waals surface area contributed by atoms with Gasteiger partial charge >= 0.3 is 0 Å². The van der Waals surface area contributed by atoms with Crippen molar-refractivity contribution in [1.29, 1.82) is 0 Å². The van der Waals surface area contributed by atoms with Crippen molar-refractivity contribution >= 4 is 22.9 Å². The highest BCUT2D eigenvalue weighted by Crippen LogP contribution is 2.32. The molecule has 0 N–H and O–H groups in total.